The lowest BCUT2D eigenvalue weighted by molar-refractivity contribution is 0.0783. The second-order valence-electron chi connectivity index (χ2n) is 8.59. The number of halogens is 1. The van der Waals surface area contributed by atoms with Crippen LogP contribution in [0.2, 0.25) is 0 Å². The van der Waals surface area contributed by atoms with Crippen LogP contribution in [-0.2, 0) is 18.0 Å². The Hall–Kier alpha value is -4.43. The second-order valence-corrected chi connectivity index (χ2v) is 8.59. The molecule has 180 valence electrons. The first-order valence-electron chi connectivity index (χ1n) is 11.6. The Bertz CT molecular complexity index is 1550. The molecule has 1 aliphatic rings. The zero-order chi connectivity index (χ0) is 24.6. The molecule has 2 N–H and O–H groups in total. The van der Waals surface area contributed by atoms with Crippen molar-refractivity contribution in [1.29, 1.82) is 0 Å². The lowest BCUT2D eigenvalue weighted by Crippen LogP contribution is -2.03. The number of nitrogens with zero attached hydrogens (tertiary/aromatic N) is 3. The van der Waals surface area contributed by atoms with Crippen molar-refractivity contribution in [3.63, 3.8) is 0 Å². The Balaban J connectivity index is 1.23. The highest BCUT2D eigenvalue weighted by molar-refractivity contribution is 5.91. The number of anilines is 1. The molecule has 1 atom stereocenters. The number of hydrogen-bond donors (Lipinski definition) is 1. The van der Waals surface area contributed by atoms with Gasteiger partial charge in [0.2, 0.25) is 0 Å². The molecule has 0 saturated carbocycles. The summed E-state index contributed by atoms with van der Waals surface area (Å²) in [6, 6.07) is 21.4. The van der Waals surface area contributed by atoms with Gasteiger partial charge in [0.25, 0.3) is 0 Å². The zero-order valence-corrected chi connectivity index (χ0v) is 19.5. The van der Waals surface area contributed by atoms with Gasteiger partial charge in [0.15, 0.2) is 5.82 Å². The largest absolute Gasteiger partial charge is 0.489 e. The summed E-state index contributed by atoms with van der Waals surface area (Å²) < 4.78 is 32.9. The molecule has 2 aromatic heterocycles. The molecular weight excluding hydrogens is 459 g/mol. The molecule has 0 spiro atoms. The van der Waals surface area contributed by atoms with Crippen LogP contribution < -0.4 is 15.2 Å². The van der Waals surface area contributed by atoms with E-state index in [2.05, 4.69) is 14.5 Å². The maximum absolute atomic E-state index is 13.1. The van der Waals surface area contributed by atoms with Crippen LogP contribution in [0.3, 0.4) is 0 Å². The third-order valence-electron chi connectivity index (χ3n) is 6.24. The van der Waals surface area contributed by atoms with Crippen molar-refractivity contribution in [2.45, 2.75) is 26.2 Å². The van der Waals surface area contributed by atoms with E-state index in [1.54, 1.807) is 12.1 Å². The average molecular weight is 483 g/mol. The maximum Gasteiger partial charge on any atom is 0.151 e. The summed E-state index contributed by atoms with van der Waals surface area (Å²) in [4.78, 5) is 8.69. The predicted octanol–water partition coefficient (Wildman–Crippen LogP) is 6.10. The van der Waals surface area contributed by atoms with Gasteiger partial charge in [-0.1, -0.05) is 18.2 Å². The molecule has 0 fully saturated rings. The fourth-order valence-electron chi connectivity index (χ4n) is 4.52. The van der Waals surface area contributed by atoms with E-state index >= 15 is 0 Å². The standard InChI is InChI=1S/C28H23FN4O3/c1-17-25-24(15-34-17)33(27-26(25)31-16-32-28(27)30)20-9-11-21(12-10-20)36-23-4-2-3-22(13-23)35-14-18-5-7-19(29)8-6-18/h2-13,16-17H,14-15H2,1H3,(H2,30,31,32). The highest BCUT2D eigenvalue weighted by Crippen LogP contribution is 2.41. The molecule has 7 nitrogen and oxygen atoms in total. The van der Waals surface area contributed by atoms with Gasteiger partial charge in [-0.2, -0.15) is 0 Å². The monoisotopic (exact) mass is 482 g/mol. The van der Waals surface area contributed by atoms with Gasteiger partial charge in [0, 0.05) is 17.3 Å². The van der Waals surface area contributed by atoms with Crippen LogP contribution in [0.4, 0.5) is 10.2 Å². The van der Waals surface area contributed by atoms with Gasteiger partial charge in [0.1, 0.15) is 47.0 Å². The number of ether oxygens (including phenoxy) is 3. The summed E-state index contributed by atoms with van der Waals surface area (Å²) in [6.07, 6.45) is 1.43. The molecule has 5 aromatic rings. The van der Waals surface area contributed by atoms with Crippen LogP contribution in [0.1, 0.15) is 29.8 Å². The first-order chi connectivity index (χ1) is 17.6. The van der Waals surface area contributed by atoms with E-state index in [4.69, 9.17) is 19.9 Å². The Morgan fingerprint density at radius 3 is 2.58 bits per heavy atom. The topological polar surface area (TPSA) is 84.4 Å². The fourth-order valence-corrected chi connectivity index (χ4v) is 4.52. The molecule has 0 amide bonds. The van der Waals surface area contributed by atoms with E-state index in [0.29, 0.717) is 36.3 Å². The van der Waals surface area contributed by atoms with Crippen molar-refractivity contribution in [3.05, 3.63) is 102 Å². The lowest BCUT2D eigenvalue weighted by atomic mass is 10.1. The van der Waals surface area contributed by atoms with E-state index in [-0.39, 0.29) is 11.9 Å². The van der Waals surface area contributed by atoms with E-state index in [1.807, 2.05) is 55.5 Å². The number of fused-ring (bicyclic) bond motifs is 3. The highest BCUT2D eigenvalue weighted by Gasteiger charge is 2.30. The number of benzene rings is 3. The molecule has 1 aliphatic heterocycles. The van der Waals surface area contributed by atoms with Crippen LogP contribution in [-0.4, -0.2) is 14.5 Å². The third kappa shape index (κ3) is 4.01. The average Bonchev–Trinajstić information content (AvgIpc) is 3.43. The van der Waals surface area contributed by atoms with E-state index in [1.165, 1.54) is 18.5 Å². The minimum absolute atomic E-state index is 0.0572. The Morgan fingerprint density at radius 1 is 1.00 bits per heavy atom. The van der Waals surface area contributed by atoms with Crippen LogP contribution in [0.15, 0.2) is 79.1 Å². The van der Waals surface area contributed by atoms with E-state index in [0.717, 1.165) is 33.5 Å². The molecule has 0 bridgehead atoms. The fraction of sp³-hybridized carbons (Fsp3) is 0.143. The number of nitrogens with two attached hydrogens (primary N) is 1. The van der Waals surface area contributed by atoms with Crippen LogP contribution in [0.5, 0.6) is 17.2 Å². The minimum atomic E-state index is -0.269. The molecule has 8 heteroatoms. The number of hydrogen-bond acceptors (Lipinski definition) is 6. The SMILES string of the molecule is CC1OCc2c1c1ncnc(N)c1n2-c1ccc(Oc2cccc(OCc3ccc(F)cc3)c2)cc1. The first kappa shape index (κ1) is 22.1. The summed E-state index contributed by atoms with van der Waals surface area (Å²) in [6.45, 7) is 2.83. The van der Waals surface area contributed by atoms with Gasteiger partial charge >= 0.3 is 0 Å². The van der Waals surface area contributed by atoms with Crippen molar-refractivity contribution < 1.29 is 18.6 Å². The molecule has 0 aliphatic carbocycles. The highest BCUT2D eigenvalue weighted by atomic mass is 19.1. The second kappa shape index (κ2) is 8.98. The van der Waals surface area contributed by atoms with Crippen LogP contribution in [0.25, 0.3) is 16.7 Å². The third-order valence-corrected chi connectivity index (χ3v) is 6.24. The zero-order valence-electron chi connectivity index (χ0n) is 19.5. The van der Waals surface area contributed by atoms with Gasteiger partial charge in [-0.15, -0.1) is 0 Å². The first-order valence-corrected chi connectivity index (χ1v) is 11.6. The molecule has 1 unspecified atom stereocenters. The Labute approximate surface area is 206 Å². The summed E-state index contributed by atoms with van der Waals surface area (Å²) in [5, 5.41) is 0. The minimum Gasteiger partial charge on any atom is -0.489 e. The Kier molecular flexibility index (Phi) is 5.50. The predicted molar refractivity (Wildman–Crippen MR) is 134 cm³/mol. The molecule has 6 rings (SSSR count). The van der Waals surface area contributed by atoms with Gasteiger partial charge in [0.05, 0.1) is 18.4 Å². The van der Waals surface area contributed by atoms with E-state index in [9.17, 15) is 4.39 Å². The lowest BCUT2D eigenvalue weighted by Gasteiger charge is -2.12. The smallest absolute Gasteiger partial charge is 0.151 e. The van der Waals surface area contributed by atoms with Gasteiger partial charge in [-0.05, 0) is 61.0 Å². The molecule has 0 radical (unpaired) electrons. The van der Waals surface area contributed by atoms with E-state index < -0.39 is 0 Å². The van der Waals surface area contributed by atoms with Crippen LogP contribution >= 0.6 is 0 Å². The Morgan fingerprint density at radius 2 is 1.78 bits per heavy atom. The van der Waals surface area contributed by atoms with Crippen molar-refractivity contribution >= 4 is 16.9 Å². The molecule has 0 saturated heterocycles. The molecular formula is C28H23FN4O3. The molecule has 3 heterocycles. The summed E-state index contributed by atoms with van der Waals surface area (Å²) >= 11 is 0. The summed E-state index contributed by atoms with van der Waals surface area (Å²) in [5.41, 5.74) is 11.7. The van der Waals surface area contributed by atoms with Crippen molar-refractivity contribution in [1.82, 2.24) is 14.5 Å². The summed E-state index contributed by atoms with van der Waals surface area (Å²) in [7, 11) is 0. The number of rotatable bonds is 6. The van der Waals surface area contributed by atoms with Crippen molar-refractivity contribution in [2.75, 3.05) is 5.73 Å². The normalized spacial score (nSPS) is 14.7. The van der Waals surface area contributed by atoms with Crippen molar-refractivity contribution in [2.24, 2.45) is 0 Å². The van der Waals surface area contributed by atoms with Gasteiger partial charge in [-0.25, -0.2) is 14.4 Å². The van der Waals surface area contributed by atoms with Gasteiger partial charge in [-0.3, -0.25) is 0 Å². The molecule has 3 aromatic carbocycles. The van der Waals surface area contributed by atoms with Crippen LogP contribution in [0, 0.1) is 5.82 Å². The van der Waals surface area contributed by atoms with Crippen molar-refractivity contribution in [3.8, 4) is 22.9 Å². The van der Waals surface area contributed by atoms with Gasteiger partial charge < -0.3 is 24.5 Å². The number of nitrogen functional groups attached to an aromatic ring is 1. The summed E-state index contributed by atoms with van der Waals surface area (Å²) in [5.74, 6) is 2.14. The number of aromatic nitrogens is 3. The molecule has 36 heavy (non-hydrogen) atoms. The maximum atomic E-state index is 13.1. The quantitative estimate of drug-likeness (QED) is 0.315.